The zero-order valence-electron chi connectivity index (χ0n) is 9.74. The lowest BCUT2D eigenvalue weighted by molar-refractivity contribution is -0.385. The Hall–Kier alpha value is -1.65. The third kappa shape index (κ3) is 3.03. The molecule has 0 radical (unpaired) electrons. The summed E-state index contributed by atoms with van der Waals surface area (Å²) in [5.41, 5.74) is 0.936. The van der Waals surface area contributed by atoms with Gasteiger partial charge < -0.3 is 0 Å². The van der Waals surface area contributed by atoms with Gasteiger partial charge in [0.15, 0.2) is 0 Å². The molecule has 1 aromatic carbocycles. The van der Waals surface area contributed by atoms with Crippen molar-refractivity contribution in [3.05, 3.63) is 70.0 Å². The van der Waals surface area contributed by atoms with Crippen molar-refractivity contribution in [1.29, 1.82) is 0 Å². The van der Waals surface area contributed by atoms with E-state index >= 15 is 0 Å². The van der Waals surface area contributed by atoms with Crippen molar-refractivity contribution in [1.82, 2.24) is 4.98 Å². The maximum absolute atomic E-state index is 11.0. The van der Waals surface area contributed by atoms with E-state index in [4.69, 9.17) is 23.2 Å². The molecule has 0 amide bonds. The van der Waals surface area contributed by atoms with Crippen molar-refractivity contribution < 1.29 is 4.92 Å². The highest BCUT2D eigenvalue weighted by molar-refractivity contribution is 6.30. The van der Waals surface area contributed by atoms with Gasteiger partial charge in [-0.25, -0.2) is 0 Å². The van der Waals surface area contributed by atoms with E-state index in [0.717, 1.165) is 0 Å². The molecule has 0 spiro atoms. The fourth-order valence-electron chi connectivity index (χ4n) is 1.73. The molecule has 0 aliphatic carbocycles. The van der Waals surface area contributed by atoms with Gasteiger partial charge in [-0.3, -0.25) is 15.1 Å². The van der Waals surface area contributed by atoms with Crippen LogP contribution in [0.25, 0.3) is 0 Å². The fraction of sp³-hybridized carbons (Fsp3) is 0.154. The summed E-state index contributed by atoms with van der Waals surface area (Å²) in [5, 5.41) is 9.61. The van der Waals surface area contributed by atoms with Crippen LogP contribution >= 0.6 is 23.2 Å². The van der Waals surface area contributed by atoms with Crippen LogP contribution in [0, 0.1) is 10.1 Å². The fourth-order valence-corrected chi connectivity index (χ4v) is 2.31. The second-order valence-corrected chi connectivity index (χ2v) is 4.81. The molecule has 1 aromatic heterocycles. The molecular weight excluding hydrogens is 287 g/mol. The van der Waals surface area contributed by atoms with E-state index in [-0.39, 0.29) is 5.69 Å². The Labute approximate surface area is 120 Å². The number of hydrogen-bond acceptors (Lipinski definition) is 3. The number of nitro groups is 1. The monoisotopic (exact) mass is 296 g/mol. The second kappa shape index (κ2) is 5.99. The van der Waals surface area contributed by atoms with Crippen molar-refractivity contribution in [2.24, 2.45) is 0 Å². The standard InChI is InChI=1S/C13H10Cl2N2O2/c14-12(13(15)10-6-3-4-8-16-10)9-5-1-2-7-11(9)17(18)19/h1-8,12-13H. The number of para-hydroxylation sites is 1. The number of hydrogen-bond donors (Lipinski definition) is 0. The predicted molar refractivity (Wildman–Crippen MR) is 74.5 cm³/mol. The lowest BCUT2D eigenvalue weighted by Crippen LogP contribution is -2.05. The number of nitrogens with zero attached hydrogens (tertiary/aromatic N) is 2. The largest absolute Gasteiger partial charge is 0.274 e. The van der Waals surface area contributed by atoms with Gasteiger partial charge in [-0.1, -0.05) is 24.3 Å². The maximum Gasteiger partial charge on any atom is 0.274 e. The van der Waals surface area contributed by atoms with Crippen molar-refractivity contribution >= 4 is 28.9 Å². The molecule has 0 aliphatic heterocycles. The van der Waals surface area contributed by atoms with Crippen molar-refractivity contribution in [3.63, 3.8) is 0 Å². The number of pyridine rings is 1. The van der Waals surface area contributed by atoms with Crippen LogP contribution in [0.5, 0.6) is 0 Å². The molecule has 4 nitrogen and oxygen atoms in total. The number of nitro benzene ring substituents is 1. The molecule has 98 valence electrons. The zero-order chi connectivity index (χ0) is 13.8. The lowest BCUT2D eigenvalue weighted by Gasteiger charge is -2.15. The van der Waals surface area contributed by atoms with Crippen LogP contribution in [-0.2, 0) is 0 Å². The first kappa shape index (κ1) is 13.8. The highest BCUT2D eigenvalue weighted by atomic mass is 35.5. The summed E-state index contributed by atoms with van der Waals surface area (Å²) >= 11 is 12.5. The number of halogens is 2. The molecule has 0 fully saturated rings. The topological polar surface area (TPSA) is 56.0 Å². The molecule has 0 N–H and O–H groups in total. The van der Waals surface area contributed by atoms with Crippen LogP contribution in [0.2, 0.25) is 0 Å². The van der Waals surface area contributed by atoms with Crippen molar-refractivity contribution in [3.8, 4) is 0 Å². The van der Waals surface area contributed by atoms with E-state index in [1.807, 2.05) is 0 Å². The third-order valence-electron chi connectivity index (χ3n) is 2.66. The van der Waals surface area contributed by atoms with E-state index in [2.05, 4.69) is 4.98 Å². The van der Waals surface area contributed by atoms with Gasteiger partial charge >= 0.3 is 0 Å². The molecular formula is C13H10Cl2N2O2. The van der Waals surface area contributed by atoms with Gasteiger partial charge in [-0.2, -0.15) is 0 Å². The van der Waals surface area contributed by atoms with Crippen LogP contribution in [0.4, 0.5) is 5.69 Å². The molecule has 2 aromatic rings. The van der Waals surface area contributed by atoms with Crippen molar-refractivity contribution in [2.45, 2.75) is 10.8 Å². The molecule has 6 heteroatoms. The minimum Gasteiger partial charge on any atom is -0.260 e. The number of benzene rings is 1. The highest BCUT2D eigenvalue weighted by Gasteiger charge is 2.27. The molecule has 0 aliphatic rings. The third-order valence-corrected chi connectivity index (χ3v) is 3.75. The summed E-state index contributed by atoms with van der Waals surface area (Å²) in [6.07, 6.45) is 1.60. The molecule has 0 bridgehead atoms. The Kier molecular flexibility index (Phi) is 4.35. The van der Waals surface area contributed by atoms with E-state index in [1.165, 1.54) is 6.07 Å². The van der Waals surface area contributed by atoms with Gasteiger partial charge in [0.25, 0.3) is 5.69 Å². The quantitative estimate of drug-likeness (QED) is 0.481. The molecule has 19 heavy (non-hydrogen) atoms. The predicted octanol–water partition coefficient (Wildman–Crippen LogP) is 4.25. The van der Waals surface area contributed by atoms with Crippen LogP contribution in [0.15, 0.2) is 48.7 Å². The summed E-state index contributed by atoms with van der Waals surface area (Å²) in [7, 11) is 0. The van der Waals surface area contributed by atoms with Gasteiger partial charge in [0.2, 0.25) is 0 Å². The number of rotatable bonds is 4. The van der Waals surface area contributed by atoms with Crippen LogP contribution in [0.3, 0.4) is 0 Å². The Morgan fingerprint density at radius 2 is 1.74 bits per heavy atom. The van der Waals surface area contributed by atoms with E-state index < -0.39 is 15.7 Å². The van der Waals surface area contributed by atoms with Gasteiger partial charge in [0.1, 0.15) is 0 Å². The van der Waals surface area contributed by atoms with Gasteiger partial charge in [0, 0.05) is 17.8 Å². The summed E-state index contributed by atoms with van der Waals surface area (Å²) in [4.78, 5) is 14.6. The highest BCUT2D eigenvalue weighted by Crippen LogP contribution is 2.41. The molecule has 0 saturated heterocycles. The summed E-state index contributed by atoms with van der Waals surface area (Å²) in [6.45, 7) is 0. The Bertz CT molecular complexity index is 578. The molecule has 1 heterocycles. The van der Waals surface area contributed by atoms with Gasteiger partial charge in [-0.15, -0.1) is 23.2 Å². The average molecular weight is 297 g/mol. The summed E-state index contributed by atoms with van der Waals surface area (Å²) in [6, 6.07) is 11.6. The second-order valence-electron chi connectivity index (χ2n) is 3.87. The SMILES string of the molecule is O=[N+]([O-])c1ccccc1C(Cl)C(Cl)c1ccccn1. The van der Waals surface area contributed by atoms with Crippen LogP contribution < -0.4 is 0 Å². The minimum absolute atomic E-state index is 0.0379. The van der Waals surface area contributed by atoms with Crippen LogP contribution in [-0.4, -0.2) is 9.91 Å². The summed E-state index contributed by atoms with van der Waals surface area (Å²) in [5.74, 6) is 0. The summed E-state index contributed by atoms with van der Waals surface area (Å²) < 4.78 is 0. The maximum atomic E-state index is 11.0. The van der Waals surface area contributed by atoms with Crippen LogP contribution in [0.1, 0.15) is 22.0 Å². The average Bonchev–Trinajstić information content (AvgIpc) is 2.46. The number of aromatic nitrogens is 1. The normalized spacial score (nSPS) is 13.8. The number of alkyl halides is 2. The molecule has 2 atom stereocenters. The van der Waals surface area contributed by atoms with E-state index in [1.54, 1.807) is 42.6 Å². The smallest absolute Gasteiger partial charge is 0.260 e. The first-order chi connectivity index (χ1) is 9.11. The zero-order valence-corrected chi connectivity index (χ0v) is 11.3. The molecule has 2 unspecified atom stereocenters. The first-order valence-electron chi connectivity index (χ1n) is 5.53. The molecule has 2 rings (SSSR count). The van der Waals surface area contributed by atoms with E-state index in [0.29, 0.717) is 11.3 Å². The van der Waals surface area contributed by atoms with E-state index in [9.17, 15) is 10.1 Å². The Morgan fingerprint density at radius 3 is 2.37 bits per heavy atom. The van der Waals surface area contributed by atoms with Gasteiger partial charge in [0.05, 0.1) is 21.4 Å². The lowest BCUT2D eigenvalue weighted by atomic mass is 10.0. The Balaban J connectivity index is 2.34. The van der Waals surface area contributed by atoms with Crippen molar-refractivity contribution in [2.75, 3.05) is 0 Å². The first-order valence-corrected chi connectivity index (χ1v) is 6.41. The molecule has 0 saturated carbocycles. The van der Waals surface area contributed by atoms with Gasteiger partial charge in [-0.05, 0) is 12.1 Å². The minimum atomic E-state index is -0.724. The Morgan fingerprint density at radius 1 is 1.05 bits per heavy atom.